The number of likely N-dealkylation sites (N-methyl/N-ethyl adjacent to an activating group) is 1. The molecule has 8 nitrogen and oxygen atoms in total. The molecule has 3 unspecified atom stereocenters. The summed E-state index contributed by atoms with van der Waals surface area (Å²) in [6.45, 7) is 9.53. The van der Waals surface area contributed by atoms with Crippen molar-refractivity contribution < 1.29 is 24.0 Å². The highest BCUT2D eigenvalue weighted by molar-refractivity contribution is 6.09. The second-order valence-corrected chi connectivity index (χ2v) is 8.43. The van der Waals surface area contributed by atoms with Crippen molar-refractivity contribution in [3.8, 4) is 11.1 Å². The molecule has 2 aromatic rings. The van der Waals surface area contributed by atoms with E-state index >= 15 is 0 Å². The van der Waals surface area contributed by atoms with Crippen molar-refractivity contribution in [3.63, 3.8) is 0 Å². The fraction of sp³-hybridized carbons (Fsp3) is 0.478. The monoisotopic (exact) mass is 425 g/mol. The van der Waals surface area contributed by atoms with Crippen LogP contribution >= 0.6 is 0 Å². The zero-order chi connectivity index (χ0) is 22.7. The maximum Gasteiger partial charge on any atom is 0.324 e. The van der Waals surface area contributed by atoms with Gasteiger partial charge in [0.2, 0.25) is 11.8 Å². The largest absolute Gasteiger partial charge is 0.480 e. The second kappa shape index (κ2) is 7.30. The van der Waals surface area contributed by atoms with E-state index in [1.165, 1.54) is 4.90 Å². The molecule has 2 saturated heterocycles. The number of amides is 2. The second-order valence-electron chi connectivity index (χ2n) is 8.43. The van der Waals surface area contributed by atoms with Crippen LogP contribution in [-0.4, -0.2) is 56.5 Å². The van der Waals surface area contributed by atoms with Gasteiger partial charge in [-0.25, -0.2) is 0 Å². The van der Waals surface area contributed by atoms with Crippen LogP contribution in [0.25, 0.3) is 11.1 Å². The van der Waals surface area contributed by atoms with Gasteiger partial charge in [0, 0.05) is 18.2 Å². The lowest BCUT2D eigenvalue weighted by Gasteiger charge is -2.37. The molecule has 0 aliphatic carbocycles. The van der Waals surface area contributed by atoms with Gasteiger partial charge in [0.1, 0.15) is 11.3 Å². The van der Waals surface area contributed by atoms with Gasteiger partial charge in [-0.15, -0.1) is 0 Å². The lowest BCUT2D eigenvalue weighted by atomic mass is 9.80. The molecule has 31 heavy (non-hydrogen) atoms. The highest BCUT2D eigenvalue weighted by Crippen LogP contribution is 2.54. The molecule has 2 fully saturated rings. The van der Waals surface area contributed by atoms with Crippen LogP contribution in [-0.2, 0) is 14.4 Å². The third-order valence-corrected chi connectivity index (χ3v) is 6.98. The Morgan fingerprint density at radius 1 is 1.13 bits per heavy atom. The number of carbonyl (C=O) groups excluding carboxylic acids is 2. The summed E-state index contributed by atoms with van der Waals surface area (Å²) < 4.78 is 5.26. The molecule has 0 radical (unpaired) electrons. The fourth-order valence-corrected chi connectivity index (χ4v) is 5.54. The number of carboxylic acid groups (broad SMARTS) is 1. The van der Waals surface area contributed by atoms with Crippen LogP contribution in [0.15, 0.2) is 28.8 Å². The minimum Gasteiger partial charge on any atom is -0.480 e. The molecule has 0 bridgehead atoms. The van der Waals surface area contributed by atoms with Gasteiger partial charge in [0.05, 0.1) is 17.5 Å². The Morgan fingerprint density at radius 2 is 1.77 bits per heavy atom. The summed E-state index contributed by atoms with van der Waals surface area (Å²) in [6.07, 6.45) is 0. The predicted molar refractivity (Wildman–Crippen MR) is 112 cm³/mol. The summed E-state index contributed by atoms with van der Waals surface area (Å²) in [6, 6.07) is 7.18. The van der Waals surface area contributed by atoms with Gasteiger partial charge in [0.15, 0.2) is 0 Å². The Morgan fingerprint density at radius 3 is 2.26 bits per heavy atom. The van der Waals surface area contributed by atoms with Crippen LogP contribution in [0.3, 0.4) is 0 Å². The first-order valence-corrected chi connectivity index (χ1v) is 10.6. The van der Waals surface area contributed by atoms with E-state index in [4.69, 9.17) is 4.52 Å². The third kappa shape index (κ3) is 2.77. The molecule has 4 atom stereocenters. The van der Waals surface area contributed by atoms with Crippen LogP contribution in [0.4, 0.5) is 0 Å². The Bertz CT molecular complexity index is 1040. The van der Waals surface area contributed by atoms with Crippen LogP contribution in [0.5, 0.6) is 0 Å². The van der Waals surface area contributed by atoms with Gasteiger partial charge in [0.25, 0.3) is 0 Å². The lowest BCUT2D eigenvalue weighted by Crippen LogP contribution is -2.55. The zero-order valence-corrected chi connectivity index (χ0v) is 18.4. The number of hydrogen-bond donors (Lipinski definition) is 1. The SMILES string of the molecule is CCN1C(=O)C2C(c3ccc(-c4c(C)noc4C)cc3)N(CC)[C@@](C)(C(=O)O)C2C1=O. The molecule has 2 aliphatic rings. The summed E-state index contributed by atoms with van der Waals surface area (Å²) >= 11 is 0. The molecule has 2 amide bonds. The van der Waals surface area contributed by atoms with Crippen molar-refractivity contribution in [2.45, 2.75) is 46.2 Å². The van der Waals surface area contributed by atoms with Crippen molar-refractivity contribution in [2.75, 3.05) is 13.1 Å². The topological polar surface area (TPSA) is 104 Å². The highest BCUT2D eigenvalue weighted by Gasteiger charge is 2.69. The zero-order valence-electron chi connectivity index (χ0n) is 18.4. The molecule has 0 saturated carbocycles. The van der Waals surface area contributed by atoms with Crippen LogP contribution in [0.1, 0.15) is 43.8 Å². The number of fused-ring (bicyclic) bond motifs is 1. The average molecular weight is 425 g/mol. The standard InChI is InChI=1S/C23H27N3O5/c1-6-25-20(27)17-18(21(25)28)23(5,22(29)30)26(7-2)19(17)15-10-8-14(9-11-15)16-12(3)24-31-13(16)4/h8-11,17-19H,6-7H2,1-5H3,(H,29,30)/t17?,18?,19?,23-/m1/s1. The average Bonchev–Trinajstić information content (AvgIpc) is 3.31. The van der Waals surface area contributed by atoms with Crippen LogP contribution in [0, 0.1) is 25.7 Å². The summed E-state index contributed by atoms with van der Waals surface area (Å²) in [7, 11) is 0. The first-order chi connectivity index (χ1) is 14.7. The summed E-state index contributed by atoms with van der Waals surface area (Å²) in [4.78, 5) is 41.7. The number of likely N-dealkylation sites (tertiary alicyclic amines) is 2. The molecular weight excluding hydrogens is 398 g/mol. The molecule has 4 rings (SSSR count). The maximum atomic E-state index is 13.2. The van der Waals surface area contributed by atoms with Crippen molar-refractivity contribution in [3.05, 3.63) is 41.3 Å². The van der Waals surface area contributed by atoms with Crippen molar-refractivity contribution in [1.29, 1.82) is 0 Å². The van der Waals surface area contributed by atoms with E-state index in [0.717, 1.165) is 28.1 Å². The number of hydrogen-bond acceptors (Lipinski definition) is 6. The van der Waals surface area contributed by atoms with E-state index < -0.39 is 35.3 Å². The molecule has 0 spiro atoms. The first-order valence-electron chi connectivity index (χ1n) is 10.6. The predicted octanol–water partition coefficient (Wildman–Crippen LogP) is 2.80. The van der Waals surface area contributed by atoms with E-state index in [1.54, 1.807) is 18.7 Å². The number of carbonyl (C=O) groups is 3. The lowest BCUT2D eigenvalue weighted by molar-refractivity contribution is -0.157. The number of benzene rings is 1. The normalized spacial score (nSPS) is 28.4. The molecular formula is C23H27N3O5. The molecule has 3 heterocycles. The fourth-order valence-electron chi connectivity index (χ4n) is 5.54. The van der Waals surface area contributed by atoms with E-state index in [9.17, 15) is 19.5 Å². The molecule has 1 N–H and O–H groups in total. The van der Waals surface area contributed by atoms with E-state index in [2.05, 4.69) is 5.16 Å². The van der Waals surface area contributed by atoms with Gasteiger partial charge in [-0.05, 0) is 45.4 Å². The van der Waals surface area contributed by atoms with Crippen LogP contribution < -0.4 is 0 Å². The minimum absolute atomic E-state index is 0.240. The first kappa shape index (κ1) is 21.2. The van der Waals surface area contributed by atoms with Gasteiger partial charge < -0.3 is 9.63 Å². The number of carboxylic acids is 1. The van der Waals surface area contributed by atoms with Gasteiger partial charge in [-0.2, -0.15) is 0 Å². The number of aryl methyl sites for hydroxylation is 2. The molecule has 164 valence electrons. The Hall–Kier alpha value is -3.00. The number of rotatable bonds is 5. The quantitative estimate of drug-likeness (QED) is 0.735. The van der Waals surface area contributed by atoms with Gasteiger partial charge >= 0.3 is 5.97 Å². The number of nitrogens with zero attached hydrogens (tertiary/aromatic N) is 3. The number of imide groups is 1. The minimum atomic E-state index is -1.46. The number of aliphatic carboxylic acids is 1. The molecule has 1 aromatic carbocycles. The van der Waals surface area contributed by atoms with E-state index in [0.29, 0.717) is 6.54 Å². The van der Waals surface area contributed by atoms with Gasteiger partial charge in [-0.1, -0.05) is 36.3 Å². The Kier molecular flexibility index (Phi) is 5.00. The summed E-state index contributed by atoms with van der Waals surface area (Å²) in [5.41, 5.74) is 2.00. The third-order valence-electron chi connectivity index (χ3n) is 6.98. The number of aromatic nitrogens is 1. The molecule has 1 aromatic heterocycles. The van der Waals surface area contributed by atoms with Crippen molar-refractivity contribution in [1.82, 2.24) is 15.0 Å². The summed E-state index contributed by atoms with van der Waals surface area (Å²) in [5, 5.41) is 14.1. The highest BCUT2D eigenvalue weighted by atomic mass is 16.5. The van der Waals surface area contributed by atoms with E-state index in [1.807, 2.05) is 45.0 Å². The van der Waals surface area contributed by atoms with Crippen molar-refractivity contribution >= 4 is 17.8 Å². The van der Waals surface area contributed by atoms with Crippen LogP contribution in [0.2, 0.25) is 0 Å². The molecule has 2 aliphatic heterocycles. The smallest absolute Gasteiger partial charge is 0.324 e. The van der Waals surface area contributed by atoms with Crippen molar-refractivity contribution in [2.24, 2.45) is 11.8 Å². The van der Waals surface area contributed by atoms with Gasteiger partial charge in [-0.3, -0.25) is 24.2 Å². The Labute approximate surface area is 180 Å². The summed E-state index contributed by atoms with van der Waals surface area (Å²) in [5.74, 6) is -2.69. The van der Waals surface area contributed by atoms with E-state index in [-0.39, 0.29) is 12.5 Å². The molecule has 8 heteroatoms. The maximum absolute atomic E-state index is 13.2. The Balaban J connectivity index is 1.82.